The number of carbonyl (C=O) groups is 1. The zero-order valence-corrected chi connectivity index (χ0v) is 16.4. The van der Waals surface area contributed by atoms with Gasteiger partial charge in [-0.3, -0.25) is 4.79 Å². The van der Waals surface area contributed by atoms with Gasteiger partial charge in [-0.1, -0.05) is 6.07 Å². The number of ether oxygens (including phenoxy) is 1. The largest absolute Gasteiger partial charge is 0.508 e. The predicted octanol–water partition coefficient (Wildman–Crippen LogP) is 4.35. The van der Waals surface area contributed by atoms with Gasteiger partial charge in [0.15, 0.2) is 0 Å². The number of aromatic hydroxyl groups is 1. The number of nitrogens with one attached hydrogen (secondary N) is 1. The number of nitrogens with zero attached hydrogens (tertiary/aromatic N) is 2. The van der Waals surface area contributed by atoms with Crippen LogP contribution in [0.5, 0.6) is 11.5 Å². The van der Waals surface area contributed by atoms with Crippen LogP contribution in [0.3, 0.4) is 0 Å². The summed E-state index contributed by atoms with van der Waals surface area (Å²) in [7, 11) is 1.62. The highest BCUT2D eigenvalue weighted by molar-refractivity contribution is 6.09. The van der Waals surface area contributed by atoms with E-state index in [0.717, 1.165) is 28.4 Å². The molecule has 0 aliphatic heterocycles. The fraction of sp³-hybridized carbons (Fsp3) is 0.130. The van der Waals surface area contributed by atoms with E-state index in [9.17, 15) is 15.2 Å². The number of aryl methyl sites for hydroxylation is 1. The molecule has 0 saturated carbocycles. The van der Waals surface area contributed by atoms with Crippen LogP contribution in [0.4, 0.5) is 5.69 Å². The molecular weight excluding hydrogens is 366 g/mol. The van der Waals surface area contributed by atoms with Gasteiger partial charge in [-0.25, -0.2) is 0 Å². The molecule has 2 N–H and O–H groups in total. The first-order valence-electron chi connectivity index (χ1n) is 8.98. The summed E-state index contributed by atoms with van der Waals surface area (Å²) in [5.41, 5.74) is 4.08. The van der Waals surface area contributed by atoms with Crippen LogP contribution in [0.25, 0.3) is 11.8 Å². The highest BCUT2D eigenvalue weighted by Crippen LogP contribution is 2.25. The third kappa shape index (κ3) is 4.30. The lowest BCUT2D eigenvalue weighted by Gasteiger charge is -2.11. The predicted molar refractivity (Wildman–Crippen MR) is 112 cm³/mol. The van der Waals surface area contributed by atoms with E-state index < -0.39 is 5.91 Å². The first-order chi connectivity index (χ1) is 13.9. The number of anilines is 1. The fourth-order valence-electron chi connectivity index (χ4n) is 3.13. The summed E-state index contributed by atoms with van der Waals surface area (Å²) in [6, 6.07) is 17.6. The molecule has 0 saturated heterocycles. The molecule has 0 fully saturated rings. The molecular formula is C23H21N3O3. The molecule has 1 aromatic heterocycles. The van der Waals surface area contributed by atoms with Gasteiger partial charge >= 0.3 is 0 Å². The van der Waals surface area contributed by atoms with Crippen molar-refractivity contribution in [2.45, 2.75) is 13.8 Å². The number of rotatable bonds is 5. The van der Waals surface area contributed by atoms with Crippen molar-refractivity contribution in [2.75, 3.05) is 12.4 Å². The molecule has 0 unspecified atom stereocenters. The number of nitriles is 1. The van der Waals surface area contributed by atoms with E-state index in [-0.39, 0.29) is 11.3 Å². The van der Waals surface area contributed by atoms with Gasteiger partial charge < -0.3 is 19.7 Å². The van der Waals surface area contributed by atoms with Crippen LogP contribution < -0.4 is 10.1 Å². The van der Waals surface area contributed by atoms with Crippen molar-refractivity contribution in [3.8, 4) is 23.3 Å². The summed E-state index contributed by atoms with van der Waals surface area (Å²) >= 11 is 0. The van der Waals surface area contributed by atoms with E-state index >= 15 is 0 Å². The summed E-state index contributed by atoms with van der Waals surface area (Å²) in [6.45, 7) is 3.90. The number of phenolic OH excluding ortho intramolecular Hbond substituents is 1. The van der Waals surface area contributed by atoms with Crippen LogP contribution in [0.2, 0.25) is 0 Å². The molecule has 146 valence electrons. The lowest BCUT2D eigenvalue weighted by molar-refractivity contribution is -0.112. The first-order valence-corrected chi connectivity index (χ1v) is 8.98. The maximum absolute atomic E-state index is 12.5. The Morgan fingerprint density at radius 2 is 1.90 bits per heavy atom. The summed E-state index contributed by atoms with van der Waals surface area (Å²) in [6.07, 6.45) is 1.58. The molecule has 6 nitrogen and oxygen atoms in total. The zero-order chi connectivity index (χ0) is 21.0. The molecule has 0 atom stereocenters. The Morgan fingerprint density at radius 1 is 1.17 bits per heavy atom. The van der Waals surface area contributed by atoms with Crippen molar-refractivity contribution >= 4 is 17.7 Å². The number of hydrogen-bond acceptors (Lipinski definition) is 4. The smallest absolute Gasteiger partial charge is 0.266 e. The van der Waals surface area contributed by atoms with Gasteiger partial charge in [0.05, 0.1) is 7.11 Å². The number of phenols is 1. The Hall–Kier alpha value is -3.98. The maximum Gasteiger partial charge on any atom is 0.266 e. The summed E-state index contributed by atoms with van der Waals surface area (Å²) in [5, 5.41) is 21.5. The third-order valence-corrected chi connectivity index (χ3v) is 4.57. The van der Waals surface area contributed by atoms with Crippen molar-refractivity contribution in [3.05, 3.63) is 77.1 Å². The topological polar surface area (TPSA) is 87.3 Å². The number of hydrogen-bond donors (Lipinski definition) is 2. The Morgan fingerprint density at radius 3 is 2.55 bits per heavy atom. The summed E-state index contributed by atoms with van der Waals surface area (Å²) < 4.78 is 7.35. The second kappa shape index (κ2) is 8.36. The van der Waals surface area contributed by atoms with Crippen LogP contribution in [0.15, 0.2) is 60.2 Å². The average Bonchev–Trinajstić information content (AvgIpc) is 3.00. The van der Waals surface area contributed by atoms with E-state index in [1.807, 2.05) is 54.8 Å². The van der Waals surface area contributed by atoms with Gasteiger partial charge in [0.25, 0.3) is 5.91 Å². The Bertz CT molecular complexity index is 1120. The Labute approximate surface area is 169 Å². The summed E-state index contributed by atoms with van der Waals surface area (Å²) in [4.78, 5) is 12.5. The normalized spacial score (nSPS) is 11.0. The van der Waals surface area contributed by atoms with E-state index in [2.05, 4.69) is 5.32 Å². The van der Waals surface area contributed by atoms with E-state index in [0.29, 0.717) is 5.69 Å². The number of carbonyl (C=O) groups excluding carboxylic acids is 1. The molecule has 1 amide bonds. The van der Waals surface area contributed by atoms with E-state index in [4.69, 9.17) is 4.74 Å². The molecule has 3 rings (SSSR count). The molecule has 0 aliphatic rings. The maximum atomic E-state index is 12.5. The molecule has 0 radical (unpaired) electrons. The first kappa shape index (κ1) is 19.8. The molecule has 3 aromatic rings. The van der Waals surface area contributed by atoms with Crippen LogP contribution >= 0.6 is 0 Å². The zero-order valence-electron chi connectivity index (χ0n) is 16.4. The second-order valence-electron chi connectivity index (χ2n) is 6.53. The molecule has 1 heterocycles. The average molecular weight is 387 g/mol. The van der Waals surface area contributed by atoms with Crippen LogP contribution in [-0.4, -0.2) is 22.7 Å². The number of benzene rings is 2. The van der Waals surface area contributed by atoms with Gasteiger partial charge in [-0.2, -0.15) is 5.26 Å². The van der Waals surface area contributed by atoms with Crippen molar-refractivity contribution < 1.29 is 14.6 Å². The monoisotopic (exact) mass is 387 g/mol. The molecule has 29 heavy (non-hydrogen) atoms. The minimum absolute atomic E-state index is 0.0102. The highest BCUT2D eigenvalue weighted by Gasteiger charge is 2.14. The molecule has 0 aliphatic carbocycles. The van der Waals surface area contributed by atoms with Crippen LogP contribution in [-0.2, 0) is 4.79 Å². The van der Waals surface area contributed by atoms with Crippen molar-refractivity contribution in [3.63, 3.8) is 0 Å². The number of amides is 1. The third-order valence-electron chi connectivity index (χ3n) is 4.57. The van der Waals surface area contributed by atoms with E-state index in [1.165, 1.54) is 12.1 Å². The fourth-order valence-corrected chi connectivity index (χ4v) is 3.13. The quantitative estimate of drug-likeness (QED) is 0.387. The molecule has 6 heteroatoms. The minimum atomic E-state index is -0.510. The van der Waals surface area contributed by atoms with Crippen molar-refractivity contribution in [1.82, 2.24) is 4.57 Å². The van der Waals surface area contributed by atoms with Gasteiger partial charge in [-0.05, 0) is 68.0 Å². The number of aromatic nitrogens is 1. The Balaban J connectivity index is 1.93. The molecule has 0 spiro atoms. The van der Waals surface area contributed by atoms with Crippen LogP contribution in [0, 0.1) is 25.2 Å². The minimum Gasteiger partial charge on any atom is -0.508 e. The van der Waals surface area contributed by atoms with Gasteiger partial charge in [0, 0.05) is 28.8 Å². The lowest BCUT2D eigenvalue weighted by Crippen LogP contribution is -2.13. The standard InChI is InChI=1S/C23H21N3O3/c1-15-11-17(16(2)26(15)20-5-4-6-22(13-20)29-3)12-18(14-24)23(28)25-19-7-9-21(27)10-8-19/h4-13,27H,1-3H3,(H,25,28)/b18-12+. The van der Waals surface area contributed by atoms with Gasteiger partial charge in [0.1, 0.15) is 23.1 Å². The summed E-state index contributed by atoms with van der Waals surface area (Å²) in [5.74, 6) is 0.339. The highest BCUT2D eigenvalue weighted by atomic mass is 16.5. The molecule has 0 bridgehead atoms. The number of methoxy groups -OCH3 is 1. The molecule has 2 aromatic carbocycles. The van der Waals surface area contributed by atoms with E-state index in [1.54, 1.807) is 25.3 Å². The van der Waals surface area contributed by atoms with Gasteiger partial charge in [0.2, 0.25) is 0 Å². The van der Waals surface area contributed by atoms with Crippen LogP contribution in [0.1, 0.15) is 17.0 Å². The van der Waals surface area contributed by atoms with Gasteiger partial charge in [-0.15, -0.1) is 0 Å². The second-order valence-corrected chi connectivity index (χ2v) is 6.53. The Kier molecular flexibility index (Phi) is 5.70. The van der Waals surface area contributed by atoms with Crippen molar-refractivity contribution in [2.24, 2.45) is 0 Å². The SMILES string of the molecule is COc1cccc(-n2c(C)cc(/C=C(\C#N)C(=O)Nc3ccc(O)cc3)c2C)c1. The lowest BCUT2D eigenvalue weighted by atomic mass is 10.1. The van der Waals surface area contributed by atoms with Crippen molar-refractivity contribution in [1.29, 1.82) is 5.26 Å².